The molecule has 106 valence electrons. The van der Waals surface area contributed by atoms with Crippen LogP contribution in [0.25, 0.3) is 11.0 Å². The third-order valence-corrected chi connectivity index (χ3v) is 5.45. The van der Waals surface area contributed by atoms with E-state index in [9.17, 15) is 13.2 Å². The van der Waals surface area contributed by atoms with E-state index in [-0.39, 0.29) is 23.1 Å². The van der Waals surface area contributed by atoms with Crippen molar-refractivity contribution < 1.29 is 18.3 Å². The Labute approximate surface area is 116 Å². The van der Waals surface area contributed by atoms with Gasteiger partial charge in [-0.3, -0.25) is 0 Å². The number of fused-ring (bicyclic) bond motifs is 1. The molecule has 2 aromatic rings. The molecule has 1 fully saturated rings. The van der Waals surface area contributed by atoms with Crippen molar-refractivity contribution in [2.75, 3.05) is 11.5 Å². The summed E-state index contributed by atoms with van der Waals surface area (Å²) in [5.41, 5.74) is 1.68. The molecule has 3 rings (SSSR count). The lowest BCUT2D eigenvalue weighted by Crippen LogP contribution is -2.25. The van der Waals surface area contributed by atoms with Crippen molar-refractivity contribution in [2.24, 2.45) is 0 Å². The Morgan fingerprint density at radius 1 is 1.30 bits per heavy atom. The lowest BCUT2D eigenvalue weighted by Gasteiger charge is -2.23. The minimum Gasteiger partial charge on any atom is -0.478 e. The highest BCUT2D eigenvalue weighted by molar-refractivity contribution is 7.91. The number of aromatic carboxylic acids is 1. The quantitative estimate of drug-likeness (QED) is 0.906. The summed E-state index contributed by atoms with van der Waals surface area (Å²) in [7, 11) is -2.91. The van der Waals surface area contributed by atoms with Gasteiger partial charge in [0, 0.05) is 6.04 Å². The van der Waals surface area contributed by atoms with Crippen LogP contribution in [0, 0.1) is 0 Å². The van der Waals surface area contributed by atoms with Crippen LogP contribution in [0.15, 0.2) is 24.5 Å². The highest BCUT2D eigenvalue weighted by Crippen LogP contribution is 2.28. The number of carbonyl (C=O) groups is 1. The molecule has 1 aliphatic heterocycles. The van der Waals surface area contributed by atoms with E-state index in [0.29, 0.717) is 12.8 Å². The van der Waals surface area contributed by atoms with Crippen molar-refractivity contribution >= 4 is 26.8 Å². The van der Waals surface area contributed by atoms with Crippen LogP contribution in [0.2, 0.25) is 0 Å². The van der Waals surface area contributed by atoms with Gasteiger partial charge >= 0.3 is 5.97 Å². The predicted molar refractivity (Wildman–Crippen MR) is 73.6 cm³/mol. The Balaban J connectivity index is 1.99. The fraction of sp³-hybridized carbons (Fsp3) is 0.385. The summed E-state index contributed by atoms with van der Waals surface area (Å²) in [6.45, 7) is 0. The minimum absolute atomic E-state index is 0.0626. The molecule has 1 aliphatic rings. The van der Waals surface area contributed by atoms with E-state index >= 15 is 0 Å². The molecule has 7 heteroatoms. The number of carboxylic acid groups (broad SMARTS) is 1. The molecule has 0 spiro atoms. The van der Waals surface area contributed by atoms with Gasteiger partial charge < -0.3 is 9.67 Å². The van der Waals surface area contributed by atoms with Crippen molar-refractivity contribution in [3.8, 4) is 0 Å². The smallest absolute Gasteiger partial charge is 0.335 e. The molecule has 0 radical (unpaired) electrons. The van der Waals surface area contributed by atoms with Crippen LogP contribution in [0.5, 0.6) is 0 Å². The van der Waals surface area contributed by atoms with Crippen molar-refractivity contribution in [2.45, 2.75) is 18.9 Å². The maximum absolute atomic E-state index is 11.5. The molecular formula is C13H14N2O4S. The largest absolute Gasteiger partial charge is 0.478 e. The average molecular weight is 294 g/mol. The first-order valence-corrected chi connectivity index (χ1v) is 8.19. The van der Waals surface area contributed by atoms with Gasteiger partial charge in [-0.1, -0.05) is 0 Å². The Hall–Kier alpha value is -1.89. The topological polar surface area (TPSA) is 89.3 Å². The molecule has 0 saturated carbocycles. The standard InChI is InChI=1S/C13H14N2O4S/c16-13(17)9-1-2-11-12(7-9)15(8-14-11)10-3-5-20(18,19)6-4-10/h1-2,7-8,10H,3-6H2,(H,16,17). The number of hydrogen-bond donors (Lipinski definition) is 1. The number of rotatable bonds is 2. The highest BCUT2D eigenvalue weighted by atomic mass is 32.2. The van der Waals surface area contributed by atoms with E-state index in [4.69, 9.17) is 5.11 Å². The van der Waals surface area contributed by atoms with Crippen LogP contribution in [0.3, 0.4) is 0 Å². The second-order valence-electron chi connectivity index (χ2n) is 5.04. The average Bonchev–Trinajstić information content (AvgIpc) is 2.81. The summed E-state index contributed by atoms with van der Waals surface area (Å²) in [6, 6.07) is 4.85. The summed E-state index contributed by atoms with van der Waals surface area (Å²) in [6.07, 6.45) is 2.76. The number of imidazole rings is 1. The van der Waals surface area contributed by atoms with Crippen LogP contribution < -0.4 is 0 Å². The monoisotopic (exact) mass is 294 g/mol. The van der Waals surface area contributed by atoms with Gasteiger partial charge in [-0.2, -0.15) is 0 Å². The highest BCUT2D eigenvalue weighted by Gasteiger charge is 2.25. The van der Waals surface area contributed by atoms with Crippen molar-refractivity contribution in [3.63, 3.8) is 0 Å². The zero-order chi connectivity index (χ0) is 14.3. The van der Waals surface area contributed by atoms with Crippen molar-refractivity contribution in [1.82, 2.24) is 9.55 Å². The second kappa shape index (κ2) is 4.59. The van der Waals surface area contributed by atoms with Crippen LogP contribution >= 0.6 is 0 Å². The maximum Gasteiger partial charge on any atom is 0.335 e. The second-order valence-corrected chi connectivity index (χ2v) is 7.35. The molecule has 6 nitrogen and oxygen atoms in total. The summed E-state index contributed by atoms with van der Waals surface area (Å²) in [5.74, 6) is -0.628. The molecule has 1 N–H and O–H groups in total. The third kappa shape index (κ3) is 2.29. The molecule has 2 heterocycles. The van der Waals surface area contributed by atoms with E-state index in [1.54, 1.807) is 18.5 Å². The lowest BCUT2D eigenvalue weighted by atomic mass is 10.1. The van der Waals surface area contributed by atoms with E-state index in [2.05, 4.69) is 4.98 Å². The summed E-state index contributed by atoms with van der Waals surface area (Å²) >= 11 is 0. The molecule has 1 saturated heterocycles. The molecule has 0 amide bonds. The number of carboxylic acids is 1. The Kier molecular flexibility index (Phi) is 3.01. The molecule has 20 heavy (non-hydrogen) atoms. The van der Waals surface area contributed by atoms with Crippen LogP contribution in [0.4, 0.5) is 0 Å². The van der Waals surface area contributed by atoms with Crippen LogP contribution in [0.1, 0.15) is 29.2 Å². The third-order valence-electron chi connectivity index (χ3n) is 3.74. The number of hydrogen-bond acceptors (Lipinski definition) is 4. The molecular weight excluding hydrogens is 280 g/mol. The fourth-order valence-electron chi connectivity index (χ4n) is 2.61. The van der Waals surface area contributed by atoms with Gasteiger partial charge in [-0.05, 0) is 31.0 Å². The molecule has 0 atom stereocenters. The number of benzene rings is 1. The van der Waals surface area contributed by atoms with Crippen LogP contribution in [-0.2, 0) is 9.84 Å². The summed E-state index contributed by atoms with van der Waals surface area (Å²) < 4.78 is 24.8. The van der Waals surface area contributed by atoms with Gasteiger partial charge in [0.25, 0.3) is 0 Å². The van der Waals surface area contributed by atoms with Gasteiger partial charge in [0.2, 0.25) is 0 Å². The van der Waals surface area contributed by atoms with Gasteiger partial charge in [0.05, 0.1) is 34.4 Å². The number of nitrogens with zero attached hydrogens (tertiary/aromatic N) is 2. The van der Waals surface area contributed by atoms with E-state index in [1.165, 1.54) is 6.07 Å². The Morgan fingerprint density at radius 2 is 2.00 bits per heavy atom. The zero-order valence-electron chi connectivity index (χ0n) is 10.7. The molecule has 1 aromatic carbocycles. The Bertz CT molecular complexity index is 765. The van der Waals surface area contributed by atoms with E-state index in [1.807, 2.05) is 4.57 Å². The fourth-order valence-corrected chi connectivity index (χ4v) is 4.07. The summed E-state index contributed by atoms with van der Waals surface area (Å²) in [5, 5.41) is 9.04. The SMILES string of the molecule is O=C(O)c1ccc2ncn(C3CCS(=O)(=O)CC3)c2c1. The lowest BCUT2D eigenvalue weighted by molar-refractivity contribution is 0.0697. The zero-order valence-corrected chi connectivity index (χ0v) is 11.5. The summed E-state index contributed by atoms with van der Waals surface area (Å²) in [4.78, 5) is 15.3. The minimum atomic E-state index is -2.91. The first kappa shape index (κ1) is 13.1. The normalized spacial score (nSPS) is 19.2. The molecule has 0 unspecified atom stereocenters. The van der Waals surface area contributed by atoms with Gasteiger partial charge in [0.15, 0.2) is 0 Å². The van der Waals surface area contributed by atoms with Gasteiger partial charge in [0.1, 0.15) is 9.84 Å². The number of sulfone groups is 1. The predicted octanol–water partition coefficient (Wildman–Crippen LogP) is 1.48. The first-order valence-electron chi connectivity index (χ1n) is 6.36. The molecule has 1 aromatic heterocycles. The Morgan fingerprint density at radius 3 is 2.65 bits per heavy atom. The molecule has 0 aliphatic carbocycles. The van der Waals surface area contributed by atoms with Crippen molar-refractivity contribution in [1.29, 1.82) is 0 Å². The number of aromatic nitrogens is 2. The van der Waals surface area contributed by atoms with E-state index in [0.717, 1.165) is 11.0 Å². The van der Waals surface area contributed by atoms with Gasteiger partial charge in [-0.15, -0.1) is 0 Å². The molecule has 0 bridgehead atoms. The van der Waals surface area contributed by atoms with Crippen molar-refractivity contribution in [3.05, 3.63) is 30.1 Å². The van der Waals surface area contributed by atoms with Crippen LogP contribution in [-0.4, -0.2) is 40.6 Å². The maximum atomic E-state index is 11.5. The first-order chi connectivity index (χ1) is 9.46. The van der Waals surface area contributed by atoms with E-state index < -0.39 is 15.8 Å². The van der Waals surface area contributed by atoms with Gasteiger partial charge in [-0.25, -0.2) is 18.2 Å².